The van der Waals surface area contributed by atoms with Crippen molar-refractivity contribution in [1.29, 1.82) is 0 Å². The summed E-state index contributed by atoms with van der Waals surface area (Å²) in [6.45, 7) is 5.64. The number of amides is 1. The van der Waals surface area contributed by atoms with Gasteiger partial charge in [-0.3, -0.25) is 9.69 Å². The lowest BCUT2D eigenvalue weighted by Crippen LogP contribution is -2.61. The van der Waals surface area contributed by atoms with Crippen LogP contribution in [0.5, 0.6) is 5.75 Å². The van der Waals surface area contributed by atoms with Crippen LogP contribution in [0.1, 0.15) is 12.8 Å². The second kappa shape index (κ2) is 11.3. The predicted octanol–water partition coefficient (Wildman–Crippen LogP) is 2.21. The summed E-state index contributed by atoms with van der Waals surface area (Å²) in [4.78, 5) is 16.9. The maximum Gasteiger partial charge on any atom is 0.242 e. The molecular weight excluding hydrogens is 413 g/mol. The minimum atomic E-state index is -0.742. The number of hydrogen-bond acceptors (Lipinski definition) is 5. The lowest BCUT2D eigenvalue weighted by molar-refractivity contribution is -0.142. The molecule has 1 aromatic rings. The monoisotopic (exact) mass is 439 g/mol. The fraction of sp³-hybridized carbons (Fsp3) is 0.611. The van der Waals surface area contributed by atoms with Crippen LogP contribution in [-0.2, 0) is 9.53 Å². The lowest BCUT2D eigenvalue weighted by Gasteiger charge is -2.40. The van der Waals surface area contributed by atoms with Crippen molar-refractivity contribution < 1.29 is 14.3 Å². The lowest BCUT2D eigenvalue weighted by atomic mass is 9.89. The number of hydrogen-bond donors (Lipinski definition) is 1. The Hall–Kier alpha value is -0.760. The number of carbonyl (C=O) groups is 1. The van der Waals surface area contributed by atoms with E-state index in [0.717, 1.165) is 19.6 Å². The van der Waals surface area contributed by atoms with Gasteiger partial charge < -0.3 is 20.1 Å². The Morgan fingerprint density at radius 2 is 1.78 bits per heavy atom. The van der Waals surface area contributed by atoms with E-state index in [1.54, 1.807) is 0 Å². The van der Waals surface area contributed by atoms with E-state index < -0.39 is 5.54 Å². The van der Waals surface area contributed by atoms with Crippen molar-refractivity contribution in [1.82, 2.24) is 9.80 Å². The van der Waals surface area contributed by atoms with E-state index >= 15 is 0 Å². The van der Waals surface area contributed by atoms with E-state index in [4.69, 9.17) is 26.8 Å². The average Bonchev–Trinajstić information content (AvgIpc) is 2.64. The van der Waals surface area contributed by atoms with E-state index in [-0.39, 0.29) is 30.7 Å². The van der Waals surface area contributed by atoms with Gasteiger partial charge in [-0.05, 0) is 25.0 Å². The van der Waals surface area contributed by atoms with E-state index in [9.17, 15) is 4.79 Å². The molecule has 0 unspecified atom stereocenters. The van der Waals surface area contributed by atoms with Crippen molar-refractivity contribution in [3.05, 3.63) is 29.3 Å². The molecule has 1 amide bonds. The Morgan fingerprint density at radius 3 is 2.41 bits per heavy atom. The summed E-state index contributed by atoms with van der Waals surface area (Å²) in [7, 11) is 0. The third-order valence-corrected chi connectivity index (χ3v) is 5.28. The van der Waals surface area contributed by atoms with Crippen LogP contribution < -0.4 is 10.5 Å². The van der Waals surface area contributed by atoms with E-state index in [1.165, 1.54) is 0 Å². The SMILES string of the molecule is Cl.Cl.NC1(C(=O)N2CCN(CCOc3ccccc3Cl)CC2)CCOCC1. The van der Waals surface area contributed by atoms with Gasteiger partial charge in [0.15, 0.2) is 0 Å². The first-order valence-electron chi connectivity index (χ1n) is 8.84. The summed E-state index contributed by atoms with van der Waals surface area (Å²) in [5.74, 6) is 0.783. The van der Waals surface area contributed by atoms with Crippen LogP contribution in [0.25, 0.3) is 0 Å². The number of piperazine rings is 1. The van der Waals surface area contributed by atoms with Gasteiger partial charge in [0.05, 0.1) is 10.6 Å². The molecule has 0 bridgehead atoms. The second-order valence-corrected chi connectivity index (χ2v) is 7.09. The van der Waals surface area contributed by atoms with Crippen molar-refractivity contribution in [2.24, 2.45) is 5.73 Å². The molecule has 0 aliphatic carbocycles. The molecule has 0 spiro atoms. The van der Waals surface area contributed by atoms with Gasteiger partial charge in [0.2, 0.25) is 5.91 Å². The zero-order valence-electron chi connectivity index (χ0n) is 15.3. The molecule has 2 aliphatic heterocycles. The standard InChI is InChI=1S/C18H26ClN3O3.2ClH/c19-15-3-1-2-4-16(15)25-14-11-21-7-9-22(10-8-21)17(23)18(20)5-12-24-13-6-18;;/h1-4H,5-14,20H2;2*1H. The van der Waals surface area contributed by atoms with Crippen LogP contribution in [0.4, 0.5) is 0 Å². The molecule has 6 nitrogen and oxygen atoms in total. The molecule has 1 aromatic carbocycles. The summed E-state index contributed by atoms with van der Waals surface area (Å²) in [5, 5.41) is 0.627. The van der Waals surface area contributed by atoms with Crippen molar-refractivity contribution in [3.63, 3.8) is 0 Å². The van der Waals surface area contributed by atoms with Crippen molar-refractivity contribution in [3.8, 4) is 5.75 Å². The summed E-state index contributed by atoms with van der Waals surface area (Å²) < 4.78 is 11.1. The van der Waals surface area contributed by atoms with Gasteiger partial charge in [-0.1, -0.05) is 23.7 Å². The maximum atomic E-state index is 12.7. The maximum absolute atomic E-state index is 12.7. The minimum absolute atomic E-state index is 0. The summed E-state index contributed by atoms with van der Waals surface area (Å²) in [5.41, 5.74) is 5.57. The highest BCUT2D eigenvalue weighted by molar-refractivity contribution is 6.32. The Kier molecular flexibility index (Phi) is 10.2. The third-order valence-electron chi connectivity index (χ3n) is 4.97. The quantitative estimate of drug-likeness (QED) is 0.760. The van der Waals surface area contributed by atoms with Gasteiger partial charge >= 0.3 is 0 Å². The molecule has 0 atom stereocenters. The zero-order chi connectivity index (χ0) is 17.7. The van der Waals surface area contributed by atoms with E-state index in [0.29, 0.717) is 56.5 Å². The molecule has 27 heavy (non-hydrogen) atoms. The number of halogens is 3. The molecule has 2 heterocycles. The minimum Gasteiger partial charge on any atom is -0.491 e. The van der Waals surface area contributed by atoms with Gasteiger partial charge in [0.1, 0.15) is 12.4 Å². The van der Waals surface area contributed by atoms with Crippen LogP contribution in [0.3, 0.4) is 0 Å². The Balaban J connectivity index is 0.00000182. The van der Waals surface area contributed by atoms with Gasteiger partial charge in [-0.25, -0.2) is 0 Å². The van der Waals surface area contributed by atoms with Crippen LogP contribution in [-0.4, -0.2) is 73.8 Å². The number of nitrogens with two attached hydrogens (primary N) is 1. The van der Waals surface area contributed by atoms with Crippen LogP contribution in [0, 0.1) is 0 Å². The summed E-state index contributed by atoms with van der Waals surface area (Å²) in [6.07, 6.45) is 1.22. The van der Waals surface area contributed by atoms with Crippen LogP contribution >= 0.6 is 36.4 Å². The highest BCUT2D eigenvalue weighted by Gasteiger charge is 2.39. The molecular formula is C18H28Cl3N3O3. The third kappa shape index (κ3) is 6.38. The fourth-order valence-electron chi connectivity index (χ4n) is 3.29. The first-order chi connectivity index (χ1) is 12.1. The molecule has 0 radical (unpaired) electrons. The molecule has 2 N–H and O–H groups in total. The fourth-order valence-corrected chi connectivity index (χ4v) is 3.48. The first-order valence-corrected chi connectivity index (χ1v) is 9.22. The highest BCUT2D eigenvalue weighted by atomic mass is 35.5. The van der Waals surface area contributed by atoms with Crippen LogP contribution in [0.2, 0.25) is 5.02 Å². The molecule has 0 aromatic heterocycles. The highest BCUT2D eigenvalue weighted by Crippen LogP contribution is 2.23. The molecule has 2 saturated heterocycles. The Bertz CT molecular complexity index is 592. The van der Waals surface area contributed by atoms with Gasteiger partial charge in [0.25, 0.3) is 0 Å². The number of carbonyl (C=O) groups excluding carboxylic acids is 1. The van der Waals surface area contributed by atoms with Gasteiger partial charge in [-0.15, -0.1) is 24.8 Å². The Labute approximate surface area is 178 Å². The smallest absolute Gasteiger partial charge is 0.242 e. The average molecular weight is 441 g/mol. The predicted molar refractivity (Wildman–Crippen MR) is 111 cm³/mol. The number of rotatable bonds is 5. The molecule has 154 valence electrons. The summed E-state index contributed by atoms with van der Waals surface area (Å²) >= 11 is 6.08. The summed E-state index contributed by atoms with van der Waals surface area (Å²) in [6, 6.07) is 7.48. The molecule has 0 saturated carbocycles. The number of benzene rings is 1. The van der Waals surface area contributed by atoms with Crippen molar-refractivity contribution >= 4 is 42.3 Å². The van der Waals surface area contributed by atoms with Crippen molar-refractivity contribution in [2.75, 3.05) is 52.5 Å². The molecule has 3 rings (SSSR count). The van der Waals surface area contributed by atoms with Crippen molar-refractivity contribution in [2.45, 2.75) is 18.4 Å². The molecule has 2 aliphatic rings. The second-order valence-electron chi connectivity index (χ2n) is 6.68. The van der Waals surface area contributed by atoms with Gasteiger partial charge in [-0.2, -0.15) is 0 Å². The normalized spacial score (nSPS) is 19.6. The number of nitrogens with zero attached hydrogens (tertiary/aromatic N) is 2. The molecule has 2 fully saturated rings. The number of para-hydroxylation sites is 1. The van der Waals surface area contributed by atoms with Gasteiger partial charge in [0, 0.05) is 45.9 Å². The van der Waals surface area contributed by atoms with Crippen LogP contribution in [0.15, 0.2) is 24.3 Å². The topological polar surface area (TPSA) is 68.0 Å². The molecule has 9 heteroatoms. The van der Waals surface area contributed by atoms with E-state index in [2.05, 4.69) is 4.90 Å². The van der Waals surface area contributed by atoms with E-state index in [1.807, 2.05) is 29.2 Å². The number of ether oxygens (including phenoxy) is 2. The largest absolute Gasteiger partial charge is 0.491 e. The first kappa shape index (κ1) is 24.3. The Morgan fingerprint density at radius 1 is 1.15 bits per heavy atom. The zero-order valence-corrected chi connectivity index (χ0v) is 17.7.